The summed E-state index contributed by atoms with van der Waals surface area (Å²) in [7, 11) is -3.01. The van der Waals surface area contributed by atoms with Gasteiger partial charge in [-0.1, -0.05) is 0 Å². The number of rotatable bonds is 5. The highest BCUT2D eigenvalue weighted by atomic mass is 28.4. The molecule has 0 radical (unpaired) electrons. The van der Waals surface area contributed by atoms with Gasteiger partial charge in [0.05, 0.1) is 5.60 Å². The zero-order chi connectivity index (χ0) is 12.3. The number of hydrogen-bond donors (Lipinski definition) is 1. The summed E-state index contributed by atoms with van der Waals surface area (Å²) >= 11 is 0. The average molecular weight is 235 g/mol. The molecule has 0 spiro atoms. The van der Waals surface area contributed by atoms with Gasteiger partial charge in [0, 0.05) is 12.2 Å². The molecule has 5 heteroatoms. The van der Waals surface area contributed by atoms with E-state index in [9.17, 15) is 0 Å². The molecule has 15 heavy (non-hydrogen) atoms. The Labute approximate surface area is 94.5 Å². The summed E-state index contributed by atoms with van der Waals surface area (Å²) in [6.45, 7) is 13.5. The second kappa shape index (κ2) is 5.40. The van der Waals surface area contributed by atoms with Gasteiger partial charge in [-0.15, -0.1) is 0 Å². The lowest BCUT2D eigenvalue weighted by Crippen LogP contribution is -2.60. The van der Waals surface area contributed by atoms with Crippen molar-refractivity contribution in [2.24, 2.45) is 5.40 Å². The van der Waals surface area contributed by atoms with E-state index in [1.54, 1.807) is 0 Å². The third-order valence-electron chi connectivity index (χ3n) is 1.25. The van der Waals surface area contributed by atoms with Gasteiger partial charge >= 0.3 is 8.97 Å². The van der Waals surface area contributed by atoms with Gasteiger partial charge in [0.15, 0.2) is 0 Å². The third kappa shape index (κ3) is 7.93. The maximum atomic E-state index is 6.06. The fourth-order valence-corrected chi connectivity index (χ4v) is 3.48. The summed E-state index contributed by atoms with van der Waals surface area (Å²) in [5.41, 5.74) is -0.356. The molecule has 0 saturated carbocycles. The SMILES string of the molecule is CC(C)O[Si](N)(OC(C)C)OC(C)(C)C. The molecule has 4 nitrogen and oxygen atoms in total. The molecule has 0 fully saturated rings. The first kappa shape index (κ1) is 15.1. The molecule has 0 aliphatic rings. The summed E-state index contributed by atoms with van der Waals surface area (Å²) in [5, 5.41) is 6.06. The second-order valence-corrected chi connectivity index (χ2v) is 7.03. The van der Waals surface area contributed by atoms with Crippen LogP contribution in [0.25, 0.3) is 0 Å². The standard InChI is InChI=1S/C10H25NO3Si/c1-8(2)12-15(11,13-9(3)4)14-10(5,6)7/h8-9H,11H2,1-7H3. The summed E-state index contributed by atoms with van der Waals surface area (Å²) in [6.07, 6.45) is 0.00512. The number of nitrogens with two attached hydrogens (primary N) is 1. The molecule has 0 aromatic rings. The molecule has 0 amide bonds. The Balaban J connectivity index is 4.54. The quantitative estimate of drug-likeness (QED) is 0.741. The van der Waals surface area contributed by atoms with Crippen LogP contribution in [0.4, 0.5) is 0 Å². The lowest BCUT2D eigenvalue weighted by molar-refractivity contribution is -0.0292. The largest absolute Gasteiger partial charge is 0.594 e. The summed E-state index contributed by atoms with van der Waals surface area (Å²) < 4.78 is 16.9. The first-order chi connectivity index (χ1) is 6.54. The molecular formula is C10H25NO3Si. The highest BCUT2D eigenvalue weighted by Crippen LogP contribution is 2.17. The van der Waals surface area contributed by atoms with Crippen molar-refractivity contribution in [3.63, 3.8) is 0 Å². The van der Waals surface area contributed by atoms with Crippen LogP contribution in [0.2, 0.25) is 0 Å². The van der Waals surface area contributed by atoms with Gasteiger partial charge in [0.25, 0.3) is 0 Å². The minimum absolute atomic E-state index is 0.00256. The maximum absolute atomic E-state index is 6.06. The van der Waals surface area contributed by atoms with E-state index in [1.165, 1.54) is 0 Å². The van der Waals surface area contributed by atoms with Gasteiger partial charge in [-0.3, -0.25) is 5.40 Å². The van der Waals surface area contributed by atoms with Crippen LogP contribution in [0.3, 0.4) is 0 Å². The average Bonchev–Trinajstić information content (AvgIpc) is 1.73. The van der Waals surface area contributed by atoms with Crippen LogP contribution >= 0.6 is 0 Å². The van der Waals surface area contributed by atoms with Crippen molar-refractivity contribution in [2.75, 3.05) is 0 Å². The molecule has 0 aromatic carbocycles. The van der Waals surface area contributed by atoms with E-state index >= 15 is 0 Å². The molecular weight excluding hydrogens is 210 g/mol. The molecule has 0 heterocycles. The van der Waals surface area contributed by atoms with Crippen LogP contribution in [-0.2, 0) is 13.3 Å². The molecule has 0 unspecified atom stereocenters. The van der Waals surface area contributed by atoms with E-state index in [2.05, 4.69) is 0 Å². The summed E-state index contributed by atoms with van der Waals surface area (Å²) in [4.78, 5) is 0. The topological polar surface area (TPSA) is 53.7 Å². The van der Waals surface area contributed by atoms with Crippen molar-refractivity contribution in [1.29, 1.82) is 0 Å². The first-order valence-electron chi connectivity index (χ1n) is 5.39. The number of hydrogen-bond acceptors (Lipinski definition) is 4. The Morgan fingerprint density at radius 3 is 1.47 bits per heavy atom. The van der Waals surface area contributed by atoms with Crippen LogP contribution in [0.1, 0.15) is 48.5 Å². The first-order valence-corrected chi connectivity index (χ1v) is 7.19. The molecule has 0 saturated heterocycles. The fraction of sp³-hybridized carbons (Fsp3) is 1.00. The highest BCUT2D eigenvalue weighted by Gasteiger charge is 2.43. The Kier molecular flexibility index (Phi) is 5.43. The van der Waals surface area contributed by atoms with Crippen LogP contribution in [0.5, 0.6) is 0 Å². The van der Waals surface area contributed by atoms with Crippen LogP contribution < -0.4 is 5.40 Å². The normalized spacial score (nSPS) is 14.0. The Hall–Kier alpha value is 0.0569. The van der Waals surface area contributed by atoms with E-state index in [1.807, 2.05) is 48.5 Å². The fourth-order valence-electron chi connectivity index (χ4n) is 1.16. The van der Waals surface area contributed by atoms with Gasteiger partial charge in [0.1, 0.15) is 0 Å². The van der Waals surface area contributed by atoms with E-state index < -0.39 is 8.97 Å². The van der Waals surface area contributed by atoms with E-state index in [0.29, 0.717) is 0 Å². The van der Waals surface area contributed by atoms with Gasteiger partial charge < -0.3 is 13.3 Å². The van der Waals surface area contributed by atoms with Crippen molar-refractivity contribution in [3.8, 4) is 0 Å². The molecule has 0 atom stereocenters. The molecule has 0 rings (SSSR count). The zero-order valence-electron chi connectivity index (χ0n) is 11.0. The van der Waals surface area contributed by atoms with Crippen molar-refractivity contribution in [2.45, 2.75) is 66.3 Å². The minimum Gasteiger partial charge on any atom is -0.359 e. The lowest BCUT2D eigenvalue weighted by Gasteiger charge is -2.34. The molecule has 0 bridgehead atoms. The summed E-state index contributed by atoms with van der Waals surface area (Å²) in [6, 6.07) is 0. The Bertz CT molecular complexity index is 180. The van der Waals surface area contributed by atoms with Gasteiger partial charge in [-0.05, 0) is 48.5 Å². The van der Waals surface area contributed by atoms with E-state index in [-0.39, 0.29) is 17.8 Å². The molecule has 92 valence electrons. The second-order valence-electron chi connectivity index (χ2n) is 5.15. The zero-order valence-corrected chi connectivity index (χ0v) is 12.0. The lowest BCUT2D eigenvalue weighted by atomic mass is 10.2. The minimum atomic E-state index is -3.01. The van der Waals surface area contributed by atoms with Crippen LogP contribution in [-0.4, -0.2) is 26.8 Å². The predicted octanol–water partition coefficient (Wildman–Crippen LogP) is 2.05. The monoisotopic (exact) mass is 235 g/mol. The molecule has 0 aromatic heterocycles. The third-order valence-corrected chi connectivity index (χ3v) is 3.75. The van der Waals surface area contributed by atoms with Gasteiger partial charge in [0.2, 0.25) is 0 Å². The van der Waals surface area contributed by atoms with Gasteiger partial charge in [-0.2, -0.15) is 0 Å². The summed E-state index contributed by atoms with van der Waals surface area (Å²) in [5.74, 6) is 0. The maximum Gasteiger partial charge on any atom is 0.594 e. The Morgan fingerprint density at radius 2 is 1.27 bits per heavy atom. The van der Waals surface area contributed by atoms with Crippen molar-refractivity contribution in [3.05, 3.63) is 0 Å². The van der Waals surface area contributed by atoms with E-state index in [4.69, 9.17) is 18.7 Å². The smallest absolute Gasteiger partial charge is 0.359 e. The molecule has 2 N–H and O–H groups in total. The highest BCUT2D eigenvalue weighted by molar-refractivity contribution is 6.57. The van der Waals surface area contributed by atoms with E-state index in [0.717, 1.165) is 0 Å². The van der Waals surface area contributed by atoms with Crippen molar-refractivity contribution >= 4 is 8.97 Å². The van der Waals surface area contributed by atoms with Crippen LogP contribution in [0.15, 0.2) is 0 Å². The molecule has 0 aliphatic carbocycles. The van der Waals surface area contributed by atoms with Crippen LogP contribution in [0, 0.1) is 0 Å². The molecule has 0 aliphatic heterocycles. The predicted molar refractivity (Wildman–Crippen MR) is 63.2 cm³/mol. The Morgan fingerprint density at radius 1 is 0.933 bits per heavy atom. The van der Waals surface area contributed by atoms with Gasteiger partial charge in [-0.25, -0.2) is 0 Å². The van der Waals surface area contributed by atoms with Crippen molar-refractivity contribution in [1.82, 2.24) is 0 Å². The van der Waals surface area contributed by atoms with Crippen molar-refractivity contribution < 1.29 is 13.3 Å².